The standard InChI is InChI=1S/C14H18N2O2S3/c1-10(12-4-5-19-9-12)16-21(17,18)14-6-11(8-20-14)7-15-13-2-3-13/h4-6,8-10,13,15-16H,2-3,7H2,1H3. The minimum absolute atomic E-state index is 0.212. The third kappa shape index (κ3) is 3.92. The molecule has 2 aromatic rings. The van der Waals surface area contributed by atoms with Gasteiger partial charge in [0.1, 0.15) is 4.21 Å². The van der Waals surface area contributed by atoms with Gasteiger partial charge in [0.2, 0.25) is 0 Å². The Morgan fingerprint density at radius 2 is 2.19 bits per heavy atom. The summed E-state index contributed by atoms with van der Waals surface area (Å²) in [6, 6.07) is 4.12. The Labute approximate surface area is 133 Å². The number of hydrogen-bond donors (Lipinski definition) is 2. The summed E-state index contributed by atoms with van der Waals surface area (Å²) in [6.45, 7) is 2.61. The second kappa shape index (κ2) is 6.18. The minimum Gasteiger partial charge on any atom is -0.310 e. The van der Waals surface area contributed by atoms with Crippen LogP contribution in [0.2, 0.25) is 0 Å². The van der Waals surface area contributed by atoms with Crippen LogP contribution >= 0.6 is 22.7 Å². The SMILES string of the molecule is CC(NS(=O)(=O)c1cc(CNC2CC2)cs1)c1ccsc1. The molecule has 0 radical (unpaired) electrons. The van der Waals surface area contributed by atoms with Crippen molar-refractivity contribution in [1.29, 1.82) is 0 Å². The van der Waals surface area contributed by atoms with Gasteiger partial charge in [0.15, 0.2) is 0 Å². The molecule has 0 aromatic carbocycles. The molecule has 7 heteroatoms. The second-order valence-corrected chi connectivity index (χ2v) is 8.96. The fourth-order valence-corrected chi connectivity index (χ4v) is 5.23. The number of thiophene rings is 2. The third-order valence-electron chi connectivity index (χ3n) is 3.44. The predicted molar refractivity (Wildman–Crippen MR) is 87.2 cm³/mol. The van der Waals surface area contributed by atoms with E-state index < -0.39 is 10.0 Å². The van der Waals surface area contributed by atoms with Crippen LogP contribution < -0.4 is 10.0 Å². The lowest BCUT2D eigenvalue weighted by molar-refractivity contribution is 0.569. The van der Waals surface area contributed by atoms with Crippen molar-refractivity contribution in [2.75, 3.05) is 0 Å². The van der Waals surface area contributed by atoms with Crippen LogP contribution in [0.3, 0.4) is 0 Å². The van der Waals surface area contributed by atoms with Gasteiger partial charge in [-0.05, 0) is 59.2 Å². The first-order valence-electron chi connectivity index (χ1n) is 6.90. The van der Waals surface area contributed by atoms with Crippen LogP contribution in [0.5, 0.6) is 0 Å². The largest absolute Gasteiger partial charge is 0.310 e. The summed E-state index contributed by atoms with van der Waals surface area (Å²) in [5.41, 5.74) is 2.03. The monoisotopic (exact) mass is 342 g/mol. The maximum absolute atomic E-state index is 12.4. The van der Waals surface area contributed by atoms with Crippen molar-refractivity contribution in [3.63, 3.8) is 0 Å². The quantitative estimate of drug-likeness (QED) is 0.813. The highest BCUT2D eigenvalue weighted by molar-refractivity contribution is 7.91. The van der Waals surface area contributed by atoms with Gasteiger partial charge in [-0.15, -0.1) is 11.3 Å². The highest BCUT2D eigenvalue weighted by Gasteiger charge is 2.22. The van der Waals surface area contributed by atoms with Gasteiger partial charge >= 0.3 is 0 Å². The molecule has 1 saturated carbocycles. The maximum Gasteiger partial charge on any atom is 0.250 e. The fourth-order valence-electron chi connectivity index (χ4n) is 2.02. The number of hydrogen-bond acceptors (Lipinski definition) is 5. The minimum atomic E-state index is -3.44. The lowest BCUT2D eigenvalue weighted by Gasteiger charge is -2.11. The molecule has 114 valence electrons. The van der Waals surface area contributed by atoms with Crippen LogP contribution in [-0.4, -0.2) is 14.5 Å². The van der Waals surface area contributed by atoms with Crippen LogP contribution in [0.4, 0.5) is 0 Å². The molecule has 0 saturated heterocycles. The van der Waals surface area contributed by atoms with Gasteiger partial charge in [-0.3, -0.25) is 0 Å². The van der Waals surface area contributed by atoms with Crippen molar-refractivity contribution in [1.82, 2.24) is 10.0 Å². The number of sulfonamides is 1. The van der Waals surface area contributed by atoms with Crippen molar-refractivity contribution in [2.45, 2.75) is 42.6 Å². The van der Waals surface area contributed by atoms with E-state index in [-0.39, 0.29) is 6.04 Å². The average Bonchev–Trinajstić information content (AvgIpc) is 2.96. The molecule has 2 aromatic heterocycles. The molecule has 0 bridgehead atoms. The van der Waals surface area contributed by atoms with E-state index in [4.69, 9.17) is 0 Å². The molecule has 0 spiro atoms. The van der Waals surface area contributed by atoms with Crippen LogP contribution in [0, 0.1) is 0 Å². The van der Waals surface area contributed by atoms with Crippen molar-refractivity contribution in [3.8, 4) is 0 Å². The van der Waals surface area contributed by atoms with Crippen LogP contribution in [-0.2, 0) is 16.6 Å². The van der Waals surface area contributed by atoms with Crippen LogP contribution in [0.15, 0.2) is 32.5 Å². The molecule has 1 atom stereocenters. The summed E-state index contributed by atoms with van der Waals surface area (Å²) in [7, 11) is -3.44. The van der Waals surface area contributed by atoms with E-state index in [1.54, 1.807) is 17.4 Å². The molecule has 3 rings (SSSR count). The van der Waals surface area contributed by atoms with Crippen molar-refractivity contribution in [3.05, 3.63) is 39.4 Å². The average molecular weight is 343 g/mol. The van der Waals surface area contributed by atoms with E-state index in [2.05, 4.69) is 10.0 Å². The Hall–Kier alpha value is -0.730. The highest BCUT2D eigenvalue weighted by atomic mass is 32.2. The van der Waals surface area contributed by atoms with Gasteiger partial charge in [-0.25, -0.2) is 13.1 Å². The molecule has 21 heavy (non-hydrogen) atoms. The molecule has 0 amide bonds. The Morgan fingerprint density at radius 1 is 1.38 bits per heavy atom. The Kier molecular flexibility index (Phi) is 4.46. The van der Waals surface area contributed by atoms with Gasteiger partial charge in [0.25, 0.3) is 10.0 Å². The van der Waals surface area contributed by atoms with Gasteiger partial charge < -0.3 is 5.32 Å². The summed E-state index contributed by atoms with van der Waals surface area (Å²) in [5.74, 6) is 0. The lowest BCUT2D eigenvalue weighted by atomic mass is 10.2. The molecule has 0 aliphatic heterocycles. The van der Waals surface area contributed by atoms with Crippen molar-refractivity contribution in [2.24, 2.45) is 0 Å². The van der Waals surface area contributed by atoms with Crippen molar-refractivity contribution < 1.29 is 8.42 Å². The summed E-state index contributed by atoms with van der Waals surface area (Å²) in [4.78, 5) is 0. The molecule has 2 N–H and O–H groups in total. The zero-order valence-electron chi connectivity index (χ0n) is 11.7. The molecule has 1 unspecified atom stereocenters. The number of rotatable bonds is 7. The predicted octanol–water partition coefficient (Wildman–Crippen LogP) is 3.10. The van der Waals surface area contributed by atoms with Gasteiger partial charge in [-0.2, -0.15) is 11.3 Å². The zero-order valence-corrected chi connectivity index (χ0v) is 14.2. The first-order valence-corrected chi connectivity index (χ1v) is 10.2. The summed E-state index contributed by atoms with van der Waals surface area (Å²) < 4.78 is 27.9. The lowest BCUT2D eigenvalue weighted by Crippen LogP contribution is -2.26. The molecular formula is C14H18N2O2S3. The van der Waals surface area contributed by atoms with E-state index in [0.717, 1.165) is 17.7 Å². The molecule has 1 aliphatic rings. The molecule has 2 heterocycles. The Bertz CT molecular complexity index is 688. The van der Waals surface area contributed by atoms with E-state index in [9.17, 15) is 8.42 Å². The van der Waals surface area contributed by atoms with Gasteiger partial charge in [0.05, 0.1) is 0 Å². The summed E-state index contributed by atoms with van der Waals surface area (Å²) in [6.07, 6.45) is 2.46. The molecule has 4 nitrogen and oxygen atoms in total. The first-order chi connectivity index (χ1) is 10.0. The smallest absolute Gasteiger partial charge is 0.250 e. The normalized spacial score (nSPS) is 17.0. The fraction of sp³-hybridized carbons (Fsp3) is 0.429. The third-order valence-corrected chi connectivity index (χ3v) is 7.17. The highest BCUT2D eigenvalue weighted by Crippen LogP contribution is 2.25. The van der Waals surface area contributed by atoms with E-state index >= 15 is 0 Å². The van der Waals surface area contributed by atoms with Gasteiger partial charge in [-0.1, -0.05) is 0 Å². The Morgan fingerprint density at radius 3 is 2.86 bits per heavy atom. The maximum atomic E-state index is 12.4. The molecule has 1 fully saturated rings. The van der Waals surface area contributed by atoms with E-state index in [1.807, 2.05) is 29.1 Å². The topological polar surface area (TPSA) is 58.2 Å². The number of nitrogens with one attached hydrogen (secondary N) is 2. The van der Waals surface area contributed by atoms with Gasteiger partial charge in [0, 0.05) is 18.6 Å². The summed E-state index contributed by atoms with van der Waals surface area (Å²) >= 11 is 2.85. The van der Waals surface area contributed by atoms with E-state index in [1.165, 1.54) is 24.2 Å². The first kappa shape index (κ1) is 15.2. The molecule has 1 aliphatic carbocycles. The van der Waals surface area contributed by atoms with Crippen molar-refractivity contribution >= 4 is 32.7 Å². The second-order valence-electron chi connectivity index (χ2n) is 5.33. The summed E-state index contributed by atoms with van der Waals surface area (Å²) in [5, 5.41) is 9.23. The Balaban J connectivity index is 1.66. The van der Waals surface area contributed by atoms with Crippen LogP contribution in [0.1, 0.15) is 36.9 Å². The zero-order chi connectivity index (χ0) is 14.9. The molecular weight excluding hydrogens is 324 g/mol. The van der Waals surface area contributed by atoms with Crippen LogP contribution in [0.25, 0.3) is 0 Å². The van der Waals surface area contributed by atoms with E-state index in [0.29, 0.717) is 10.3 Å².